The minimum absolute atomic E-state index is 0.0232. The van der Waals surface area contributed by atoms with E-state index in [2.05, 4.69) is 16.4 Å². The number of aromatic nitrogens is 1. The number of aromatic amines is 1. The van der Waals surface area contributed by atoms with E-state index in [0.29, 0.717) is 17.9 Å². The number of ether oxygens (including phenoxy) is 2. The van der Waals surface area contributed by atoms with E-state index in [0.717, 1.165) is 22.0 Å². The van der Waals surface area contributed by atoms with Crippen molar-refractivity contribution in [2.24, 2.45) is 0 Å². The second kappa shape index (κ2) is 8.16. The first kappa shape index (κ1) is 18.8. The van der Waals surface area contributed by atoms with Crippen molar-refractivity contribution < 1.29 is 14.3 Å². The van der Waals surface area contributed by atoms with E-state index >= 15 is 0 Å². The third-order valence-electron chi connectivity index (χ3n) is 4.65. The molecule has 27 heavy (non-hydrogen) atoms. The summed E-state index contributed by atoms with van der Waals surface area (Å²) >= 11 is 0. The van der Waals surface area contributed by atoms with Gasteiger partial charge in [-0.15, -0.1) is 0 Å². The van der Waals surface area contributed by atoms with Crippen LogP contribution in [-0.2, 0) is 4.79 Å². The Labute approximate surface area is 159 Å². The molecule has 0 saturated heterocycles. The Balaban J connectivity index is 2.06. The first-order valence-electron chi connectivity index (χ1n) is 9.10. The Morgan fingerprint density at radius 1 is 1.07 bits per heavy atom. The van der Waals surface area contributed by atoms with Crippen LogP contribution in [0.5, 0.6) is 11.5 Å². The topological polar surface area (TPSA) is 63.3 Å². The number of fused-ring (bicyclic) bond motifs is 1. The lowest BCUT2D eigenvalue weighted by atomic mass is 9.87. The van der Waals surface area contributed by atoms with Crippen molar-refractivity contribution >= 4 is 16.8 Å². The number of para-hydroxylation sites is 1. The number of rotatable bonds is 7. The third-order valence-corrected chi connectivity index (χ3v) is 4.65. The summed E-state index contributed by atoms with van der Waals surface area (Å²) in [6, 6.07) is 14.1. The molecule has 0 bridgehead atoms. The fourth-order valence-corrected chi connectivity index (χ4v) is 3.43. The molecular formula is C22H26N2O3. The van der Waals surface area contributed by atoms with Gasteiger partial charge >= 0.3 is 0 Å². The molecule has 1 heterocycles. The lowest BCUT2D eigenvalue weighted by molar-refractivity contribution is -0.121. The fraction of sp³-hybridized carbons (Fsp3) is 0.318. The molecular weight excluding hydrogens is 340 g/mol. The van der Waals surface area contributed by atoms with E-state index in [1.54, 1.807) is 14.2 Å². The highest BCUT2D eigenvalue weighted by molar-refractivity contribution is 5.86. The quantitative estimate of drug-likeness (QED) is 0.658. The Kier molecular flexibility index (Phi) is 5.69. The van der Waals surface area contributed by atoms with Gasteiger partial charge in [0.05, 0.1) is 14.2 Å². The van der Waals surface area contributed by atoms with Gasteiger partial charge in [0, 0.05) is 35.5 Å². The molecule has 3 rings (SSSR count). The number of hydrogen-bond donors (Lipinski definition) is 2. The predicted octanol–water partition coefficient (Wildman–Crippen LogP) is 4.23. The molecule has 0 aliphatic rings. The molecule has 0 spiro atoms. The van der Waals surface area contributed by atoms with E-state index in [1.165, 1.54) is 0 Å². The van der Waals surface area contributed by atoms with Crippen molar-refractivity contribution in [2.45, 2.75) is 32.2 Å². The van der Waals surface area contributed by atoms with Crippen molar-refractivity contribution in [3.63, 3.8) is 0 Å². The number of methoxy groups -OCH3 is 2. The first-order valence-corrected chi connectivity index (χ1v) is 9.10. The normalized spacial score (nSPS) is 12.2. The van der Waals surface area contributed by atoms with Crippen molar-refractivity contribution in [1.29, 1.82) is 0 Å². The summed E-state index contributed by atoms with van der Waals surface area (Å²) in [5, 5.41) is 4.12. The van der Waals surface area contributed by atoms with Gasteiger partial charge in [-0.05, 0) is 43.2 Å². The van der Waals surface area contributed by atoms with Gasteiger partial charge in [-0.25, -0.2) is 0 Å². The van der Waals surface area contributed by atoms with Crippen LogP contribution in [0.2, 0.25) is 0 Å². The van der Waals surface area contributed by atoms with E-state index in [1.807, 2.05) is 56.4 Å². The molecule has 5 nitrogen and oxygen atoms in total. The maximum absolute atomic E-state index is 12.6. The number of hydrogen-bond acceptors (Lipinski definition) is 3. The monoisotopic (exact) mass is 366 g/mol. The number of carbonyl (C=O) groups excluding carboxylic acids is 1. The summed E-state index contributed by atoms with van der Waals surface area (Å²) in [6.45, 7) is 3.93. The molecule has 5 heteroatoms. The average molecular weight is 366 g/mol. The number of amides is 1. The van der Waals surface area contributed by atoms with Crippen molar-refractivity contribution in [3.8, 4) is 11.5 Å². The van der Waals surface area contributed by atoms with Gasteiger partial charge < -0.3 is 19.8 Å². The largest absolute Gasteiger partial charge is 0.493 e. The summed E-state index contributed by atoms with van der Waals surface area (Å²) in [7, 11) is 3.23. The Morgan fingerprint density at radius 3 is 2.52 bits per heavy atom. The Bertz CT molecular complexity index is 930. The van der Waals surface area contributed by atoms with Gasteiger partial charge in [-0.2, -0.15) is 0 Å². The third kappa shape index (κ3) is 4.08. The highest BCUT2D eigenvalue weighted by atomic mass is 16.5. The van der Waals surface area contributed by atoms with Gasteiger partial charge in [0.2, 0.25) is 5.91 Å². The van der Waals surface area contributed by atoms with Crippen LogP contribution in [0.25, 0.3) is 10.9 Å². The smallest absolute Gasteiger partial charge is 0.221 e. The number of carbonyl (C=O) groups is 1. The minimum atomic E-state index is -0.0975. The van der Waals surface area contributed by atoms with E-state index in [-0.39, 0.29) is 17.9 Å². The Morgan fingerprint density at radius 2 is 1.81 bits per heavy atom. The standard InChI is InChI=1S/C22H26N2O3/c1-14(2)24-22(25)12-17(15-9-10-20(26-3)21(11-15)27-4)18-13-23-19-8-6-5-7-16(18)19/h5-11,13-14,17,23H,12H2,1-4H3,(H,24,25). The van der Waals surface area contributed by atoms with Crippen LogP contribution < -0.4 is 14.8 Å². The summed E-state index contributed by atoms with van der Waals surface area (Å²) in [4.78, 5) is 15.9. The van der Waals surface area contributed by atoms with E-state index < -0.39 is 0 Å². The van der Waals surface area contributed by atoms with Crippen LogP contribution >= 0.6 is 0 Å². The molecule has 0 radical (unpaired) electrons. The van der Waals surface area contributed by atoms with Crippen LogP contribution in [-0.4, -0.2) is 31.2 Å². The van der Waals surface area contributed by atoms with Gasteiger partial charge in [0.15, 0.2) is 11.5 Å². The van der Waals surface area contributed by atoms with Crippen LogP contribution in [0.3, 0.4) is 0 Å². The Hall–Kier alpha value is -2.95. The molecule has 0 saturated carbocycles. The predicted molar refractivity (Wildman–Crippen MR) is 108 cm³/mol. The molecule has 1 unspecified atom stereocenters. The van der Waals surface area contributed by atoms with Crippen LogP contribution in [0.15, 0.2) is 48.7 Å². The maximum Gasteiger partial charge on any atom is 0.221 e. The van der Waals surface area contributed by atoms with Crippen molar-refractivity contribution in [2.75, 3.05) is 14.2 Å². The molecule has 3 aromatic rings. The zero-order chi connectivity index (χ0) is 19.4. The van der Waals surface area contributed by atoms with Gasteiger partial charge in [-0.3, -0.25) is 4.79 Å². The summed E-state index contributed by atoms with van der Waals surface area (Å²) in [5.74, 6) is 1.25. The zero-order valence-corrected chi connectivity index (χ0v) is 16.2. The highest BCUT2D eigenvalue weighted by Gasteiger charge is 2.23. The second-order valence-corrected chi connectivity index (χ2v) is 6.88. The lowest BCUT2D eigenvalue weighted by Crippen LogP contribution is -2.31. The van der Waals surface area contributed by atoms with E-state index in [9.17, 15) is 4.79 Å². The fourth-order valence-electron chi connectivity index (χ4n) is 3.43. The van der Waals surface area contributed by atoms with Crippen molar-refractivity contribution in [1.82, 2.24) is 10.3 Å². The van der Waals surface area contributed by atoms with Gasteiger partial charge in [0.1, 0.15) is 0 Å². The molecule has 2 aromatic carbocycles. The van der Waals surface area contributed by atoms with Crippen LogP contribution in [0.1, 0.15) is 37.3 Å². The van der Waals surface area contributed by atoms with Gasteiger partial charge in [0.25, 0.3) is 0 Å². The molecule has 0 aliphatic heterocycles. The summed E-state index contributed by atoms with van der Waals surface area (Å²) in [6.07, 6.45) is 2.35. The molecule has 0 fully saturated rings. The second-order valence-electron chi connectivity index (χ2n) is 6.88. The number of nitrogens with one attached hydrogen (secondary N) is 2. The number of H-pyrrole nitrogens is 1. The van der Waals surface area contributed by atoms with Crippen LogP contribution in [0, 0.1) is 0 Å². The van der Waals surface area contributed by atoms with Crippen molar-refractivity contribution in [3.05, 3.63) is 59.8 Å². The summed E-state index contributed by atoms with van der Waals surface area (Å²) < 4.78 is 10.8. The minimum Gasteiger partial charge on any atom is -0.493 e. The summed E-state index contributed by atoms with van der Waals surface area (Å²) in [5.41, 5.74) is 3.16. The molecule has 2 N–H and O–H groups in total. The molecule has 0 aliphatic carbocycles. The first-order chi connectivity index (χ1) is 13.0. The molecule has 1 aromatic heterocycles. The molecule has 142 valence electrons. The van der Waals surface area contributed by atoms with E-state index in [4.69, 9.17) is 9.47 Å². The highest BCUT2D eigenvalue weighted by Crippen LogP contribution is 2.37. The van der Waals surface area contributed by atoms with Gasteiger partial charge in [-0.1, -0.05) is 24.3 Å². The SMILES string of the molecule is COc1ccc(C(CC(=O)NC(C)C)c2c[nH]c3ccccc23)cc1OC. The average Bonchev–Trinajstić information content (AvgIpc) is 3.09. The van der Waals surface area contributed by atoms with Crippen LogP contribution in [0.4, 0.5) is 0 Å². The zero-order valence-electron chi connectivity index (χ0n) is 16.2. The number of benzene rings is 2. The molecule has 1 atom stereocenters. The lowest BCUT2D eigenvalue weighted by Gasteiger charge is -2.19. The maximum atomic E-state index is 12.6. The molecule has 1 amide bonds.